The van der Waals surface area contributed by atoms with Crippen LogP contribution in [0.25, 0.3) is 22.1 Å². The van der Waals surface area contributed by atoms with Crippen LogP contribution in [0.15, 0.2) is 45.8 Å². The maximum Gasteiger partial charge on any atom is 0.229 e. The van der Waals surface area contributed by atoms with E-state index in [0.29, 0.717) is 5.56 Å². The molecule has 0 bridgehead atoms. The summed E-state index contributed by atoms with van der Waals surface area (Å²) in [6, 6.07) is 6.95. The quantitative estimate of drug-likeness (QED) is 0.156. The highest BCUT2D eigenvalue weighted by Gasteiger charge is 2.47. The molecule has 2 aliphatic heterocycles. The first-order chi connectivity index (χ1) is 20.0. The smallest absolute Gasteiger partial charge is 0.229 e. The van der Waals surface area contributed by atoms with Crippen molar-refractivity contribution in [2.24, 2.45) is 0 Å². The summed E-state index contributed by atoms with van der Waals surface area (Å²) in [5.41, 5.74) is -0.225. The molecule has 0 radical (unpaired) electrons. The summed E-state index contributed by atoms with van der Waals surface area (Å²) in [4.78, 5) is 13.3. The molecule has 2 saturated heterocycles. The normalized spacial score (nSPS) is 31.6. The predicted molar refractivity (Wildman–Crippen MR) is 139 cm³/mol. The fourth-order valence-electron chi connectivity index (χ4n) is 4.74. The van der Waals surface area contributed by atoms with Crippen LogP contribution in [0.1, 0.15) is 0 Å². The number of aliphatic hydroxyl groups is 6. The van der Waals surface area contributed by atoms with Crippen molar-refractivity contribution in [3.8, 4) is 34.1 Å². The van der Waals surface area contributed by atoms with Crippen molar-refractivity contribution in [1.82, 2.24) is 0 Å². The third kappa shape index (κ3) is 5.49. The van der Waals surface area contributed by atoms with Crippen molar-refractivity contribution in [3.05, 3.63) is 46.8 Å². The lowest BCUT2D eigenvalue weighted by atomic mass is 9.99. The van der Waals surface area contributed by atoms with E-state index >= 15 is 0 Å². The van der Waals surface area contributed by atoms with Crippen molar-refractivity contribution in [3.63, 3.8) is 0 Å². The molecule has 2 fully saturated rings. The molecular weight excluding hydrogens is 564 g/mol. The summed E-state index contributed by atoms with van der Waals surface area (Å²) < 4.78 is 32.7. The highest BCUT2D eigenvalue weighted by atomic mass is 16.7. The van der Waals surface area contributed by atoms with E-state index in [4.69, 9.17) is 28.1 Å². The fraction of sp³-hybridized carbons (Fsp3) is 0.444. The third-order valence-electron chi connectivity index (χ3n) is 7.13. The second kappa shape index (κ2) is 12.0. The molecule has 2 aromatic carbocycles. The van der Waals surface area contributed by atoms with Gasteiger partial charge in [-0.3, -0.25) is 4.79 Å². The van der Waals surface area contributed by atoms with Gasteiger partial charge in [0.05, 0.1) is 25.9 Å². The number of rotatable bonds is 7. The Kier molecular flexibility index (Phi) is 8.56. The van der Waals surface area contributed by atoms with Crippen molar-refractivity contribution >= 4 is 11.0 Å². The number of methoxy groups -OCH3 is 1. The van der Waals surface area contributed by atoms with E-state index in [1.807, 2.05) is 0 Å². The third-order valence-corrected chi connectivity index (χ3v) is 7.13. The first-order valence-corrected chi connectivity index (χ1v) is 12.8. The monoisotopic (exact) mass is 594 g/mol. The van der Waals surface area contributed by atoms with Crippen LogP contribution in [0.4, 0.5) is 0 Å². The van der Waals surface area contributed by atoms with E-state index in [-0.39, 0.29) is 40.4 Å². The molecule has 1 unspecified atom stereocenters. The van der Waals surface area contributed by atoms with Crippen LogP contribution in [0.2, 0.25) is 0 Å². The van der Waals surface area contributed by atoms with Crippen LogP contribution in [0.3, 0.4) is 0 Å². The molecule has 3 aromatic rings. The van der Waals surface area contributed by atoms with E-state index < -0.39 is 73.1 Å². The number of ether oxygens (including phenoxy) is 5. The van der Waals surface area contributed by atoms with Crippen molar-refractivity contribution in [2.75, 3.05) is 20.3 Å². The van der Waals surface area contributed by atoms with Crippen LogP contribution in [0.5, 0.6) is 23.0 Å². The molecule has 5 rings (SSSR count). The first-order valence-electron chi connectivity index (χ1n) is 12.8. The fourth-order valence-corrected chi connectivity index (χ4v) is 4.74. The van der Waals surface area contributed by atoms with Gasteiger partial charge in [0, 0.05) is 6.07 Å². The van der Waals surface area contributed by atoms with Gasteiger partial charge in [0.15, 0.2) is 17.8 Å². The SMILES string of the molecule is COc1c(O[C@@H]2O[C@H](CO[C@@H]3OC[C@H](O)[C@H](O)[C@@H]3O)[C@@H](O)[C@H](O)C2O)cc2occ(-c3ccc(O)cc3)c(=O)c2c1O. The van der Waals surface area contributed by atoms with Gasteiger partial charge in [0.25, 0.3) is 0 Å². The van der Waals surface area contributed by atoms with Gasteiger partial charge in [-0.15, -0.1) is 0 Å². The molecule has 8 N–H and O–H groups in total. The average Bonchev–Trinajstić information content (AvgIpc) is 2.97. The second-order valence-corrected chi connectivity index (χ2v) is 9.87. The maximum absolute atomic E-state index is 13.3. The highest BCUT2D eigenvalue weighted by Crippen LogP contribution is 2.43. The number of aromatic hydroxyl groups is 2. The zero-order chi connectivity index (χ0) is 30.3. The lowest BCUT2D eigenvalue weighted by Gasteiger charge is -2.41. The topological polar surface area (TPSA) is 238 Å². The molecule has 42 heavy (non-hydrogen) atoms. The average molecular weight is 595 g/mol. The molecule has 0 spiro atoms. The van der Waals surface area contributed by atoms with Crippen LogP contribution in [0, 0.1) is 0 Å². The van der Waals surface area contributed by atoms with Crippen LogP contribution in [-0.2, 0) is 14.2 Å². The molecule has 0 saturated carbocycles. The highest BCUT2D eigenvalue weighted by molar-refractivity contribution is 5.91. The molecule has 228 valence electrons. The van der Waals surface area contributed by atoms with Gasteiger partial charge in [-0.1, -0.05) is 12.1 Å². The number of fused-ring (bicyclic) bond motifs is 1. The standard InChI is InChI=1S/C27H30O15/c1-37-25-15(6-14-17(21(25)33)18(30)12(7-38-14)10-2-4-11(28)5-3-10)41-27-24(36)22(34)20(32)16(42-27)9-40-26-23(35)19(31)13(29)8-39-26/h2-7,13,16,19-20,22-24,26-29,31-36H,8-9H2,1H3/t13-,16+,19-,20+,22-,23-,24?,26-,27+/m0/s1. The van der Waals surface area contributed by atoms with Gasteiger partial charge in [0.1, 0.15) is 65.7 Å². The van der Waals surface area contributed by atoms with Crippen molar-refractivity contribution in [2.45, 2.75) is 55.3 Å². The number of phenols is 2. The first kappa shape index (κ1) is 30.0. The molecule has 15 heteroatoms. The Bertz CT molecular complexity index is 1460. The second-order valence-electron chi connectivity index (χ2n) is 9.87. The minimum absolute atomic E-state index is 0.00709. The van der Waals surface area contributed by atoms with Gasteiger partial charge in [-0.2, -0.15) is 0 Å². The summed E-state index contributed by atoms with van der Waals surface area (Å²) in [5, 5.41) is 81.2. The number of benzene rings is 2. The Morgan fingerprint density at radius 3 is 2.29 bits per heavy atom. The van der Waals surface area contributed by atoms with E-state index in [1.165, 1.54) is 37.4 Å². The molecule has 0 aliphatic carbocycles. The van der Waals surface area contributed by atoms with Gasteiger partial charge in [0.2, 0.25) is 17.5 Å². The maximum atomic E-state index is 13.3. The van der Waals surface area contributed by atoms with Crippen molar-refractivity contribution < 1.29 is 69.0 Å². The molecule has 0 amide bonds. The van der Waals surface area contributed by atoms with E-state index in [0.717, 1.165) is 6.26 Å². The molecular formula is C27H30O15. The van der Waals surface area contributed by atoms with Crippen LogP contribution >= 0.6 is 0 Å². The molecule has 9 atom stereocenters. The Labute approximate surface area is 236 Å². The molecule has 2 aliphatic rings. The number of hydrogen-bond acceptors (Lipinski definition) is 15. The van der Waals surface area contributed by atoms with Gasteiger partial charge in [-0.05, 0) is 17.7 Å². The minimum atomic E-state index is -1.81. The summed E-state index contributed by atoms with van der Waals surface area (Å²) in [7, 11) is 1.19. The molecule has 15 nitrogen and oxygen atoms in total. The Balaban J connectivity index is 1.39. The number of hydrogen-bond donors (Lipinski definition) is 8. The lowest BCUT2D eigenvalue weighted by molar-refractivity contribution is -0.307. The van der Waals surface area contributed by atoms with Gasteiger partial charge >= 0.3 is 0 Å². The number of phenolic OH excluding ortho intramolecular Hbond substituents is 2. The van der Waals surface area contributed by atoms with E-state index in [9.17, 15) is 45.6 Å². The molecule has 1 aromatic heterocycles. The summed E-state index contributed by atoms with van der Waals surface area (Å²) in [6.45, 7) is -0.841. The predicted octanol–water partition coefficient (Wildman–Crippen LogP) is -1.48. The van der Waals surface area contributed by atoms with E-state index in [2.05, 4.69) is 0 Å². The summed E-state index contributed by atoms with van der Waals surface area (Å²) in [6.07, 6.45) is -13.0. The minimum Gasteiger partial charge on any atom is -0.508 e. The zero-order valence-corrected chi connectivity index (χ0v) is 22.0. The van der Waals surface area contributed by atoms with Gasteiger partial charge in [-0.25, -0.2) is 0 Å². The Hall–Kier alpha value is -3.51. The number of aliphatic hydroxyl groups excluding tert-OH is 6. The summed E-state index contributed by atoms with van der Waals surface area (Å²) >= 11 is 0. The Morgan fingerprint density at radius 1 is 0.905 bits per heavy atom. The van der Waals surface area contributed by atoms with Crippen LogP contribution < -0.4 is 14.9 Å². The molecule has 3 heterocycles. The van der Waals surface area contributed by atoms with Crippen molar-refractivity contribution in [1.29, 1.82) is 0 Å². The zero-order valence-electron chi connectivity index (χ0n) is 22.0. The lowest BCUT2D eigenvalue weighted by Crippen LogP contribution is -2.61. The Morgan fingerprint density at radius 2 is 1.60 bits per heavy atom. The largest absolute Gasteiger partial charge is 0.508 e. The van der Waals surface area contributed by atoms with E-state index in [1.54, 1.807) is 0 Å². The van der Waals surface area contributed by atoms with Crippen LogP contribution in [-0.4, -0.2) is 116 Å². The summed E-state index contributed by atoms with van der Waals surface area (Å²) in [5.74, 6) is -1.23. The van der Waals surface area contributed by atoms with Gasteiger partial charge < -0.3 is 69.0 Å².